The fraction of sp³-hybridized carbons (Fsp3) is 0.462. The lowest BCUT2D eigenvalue weighted by Crippen LogP contribution is -2.15. The first-order valence-corrected chi connectivity index (χ1v) is 5.94. The van der Waals surface area contributed by atoms with Gasteiger partial charge < -0.3 is 9.47 Å². The highest BCUT2D eigenvalue weighted by molar-refractivity contribution is 5.84. The molecule has 0 bridgehead atoms. The molecule has 2 rings (SSSR count). The van der Waals surface area contributed by atoms with Crippen LogP contribution in [-0.4, -0.2) is 19.3 Å². The van der Waals surface area contributed by atoms with E-state index in [2.05, 4.69) is 5.32 Å². The maximum atomic E-state index is 11.4. The lowest BCUT2D eigenvalue weighted by Gasteiger charge is -2.08. The SMILES string of the molecule is CCOc1cccc(NC(=O)OCC2CC2)c1. The van der Waals surface area contributed by atoms with Gasteiger partial charge in [-0.2, -0.15) is 0 Å². The van der Waals surface area contributed by atoms with E-state index in [0.717, 1.165) is 5.75 Å². The lowest BCUT2D eigenvalue weighted by molar-refractivity contribution is 0.156. The highest BCUT2D eigenvalue weighted by Crippen LogP contribution is 2.28. The van der Waals surface area contributed by atoms with Crippen LogP contribution in [0.15, 0.2) is 24.3 Å². The first-order valence-electron chi connectivity index (χ1n) is 5.94. The molecule has 4 nitrogen and oxygen atoms in total. The molecule has 1 aromatic carbocycles. The molecule has 1 amide bonds. The van der Waals surface area contributed by atoms with E-state index in [-0.39, 0.29) is 0 Å². The van der Waals surface area contributed by atoms with Gasteiger partial charge in [0.1, 0.15) is 5.75 Å². The van der Waals surface area contributed by atoms with E-state index in [1.54, 1.807) is 12.1 Å². The number of amides is 1. The molecule has 4 heteroatoms. The minimum Gasteiger partial charge on any atom is -0.494 e. The van der Waals surface area contributed by atoms with E-state index >= 15 is 0 Å². The van der Waals surface area contributed by atoms with E-state index in [9.17, 15) is 4.79 Å². The molecular weight excluding hydrogens is 218 g/mol. The minimum absolute atomic E-state index is 0.398. The summed E-state index contributed by atoms with van der Waals surface area (Å²) >= 11 is 0. The fourth-order valence-electron chi connectivity index (χ4n) is 1.46. The molecule has 0 radical (unpaired) electrons. The monoisotopic (exact) mass is 235 g/mol. The Morgan fingerprint density at radius 1 is 1.47 bits per heavy atom. The zero-order valence-electron chi connectivity index (χ0n) is 9.94. The van der Waals surface area contributed by atoms with Crippen LogP contribution >= 0.6 is 0 Å². The van der Waals surface area contributed by atoms with E-state index < -0.39 is 6.09 Å². The van der Waals surface area contributed by atoms with Gasteiger partial charge in [0.05, 0.1) is 13.2 Å². The molecule has 1 aromatic rings. The number of hydrogen-bond acceptors (Lipinski definition) is 3. The van der Waals surface area contributed by atoms with Gasteiger partial charge in [-0.05, 0) is 37.8 Å². The van der Waals surface area contributed by atoms with E-state index in [1.807, 2.05) is 19.1 Å². The standard InChI is InChI=1S/C13H17NO3/c1-2-16-12-5-3-4-11(8-12)14-13(15)17-9-10-6-7-10/h3-5,8,10H,2,6-7,9H2,1H3,(H,14,15). The zero-order valence-corrected chi connectivity index (χ0v) is 9.94. The molecule has 17 heavy (non-hydrogen) atoms. The molecule has 1 saturated carbocycles. The predicted octanol–water partition coefficient (Wildman–Crippen LogP) is 3.04. The number of anilines is 1. The van der Waals surface area contributed by atoms with Crippen molar-refractivity contribution in [1.82, 2.24) is 0 Å². The summed E-state index contributed by atoms with van der Waals surface area (Å²) in [6.07, 6.45) is 1.95. The van der Waals surface area contributed by atoms with Crippen LogP contribution < -0.4 is 10.1 Å². The van der Waals surface area contributed by atoms with Crippen molar-refractivity contribution in [3.05, 3.63) is 24.3 Å². The summed E-state index contributed by atoms with van der Waals surface area (Å²) in [5.74, 6) is 1.32. The third-order valence-electron chi connectivity index (χ3n) is 2.54. The van der Waals surface area contributed by atoms with Gasteiger partial charge in [-0.1, -0.05) is 6.07 Å². The third-order valence-corrected chi connectivity index (χ3v) is 2.54. The number of nitrogens with one attached hydrogen (secondary N) is 1. The second kappa shape index (κ2) is 5.57. The molecule has 1 fully saturated rings. The summed E-state index contributed by atoms with van der Waals surface area (Å²) in [7, 11) is 0. The summed E-state index contributed by atoms with van der Waals surface area (Å²) in [5, 5.41) is 2.68. The fourth-order valence-corrected chi connectivity index (χ4v) is 1.46. The maximum absolute atomic E-state index is 11.4. The van der Waals surface area contributed by atoms with Gasteiger partial charge in [0.2, 0.25) is 0 Å². The molecule has 0 spiro atoms. The highest BCUT2D eigenvalue weighted by atomic mass is 16.5. The number of carbonyl (C=O) groups is 1. The Morgan fingerprint density at radius 2 is 2.29 bits per heavy atom. The van der Waals surface area contributed by atoms with Crippen molar-refractivity contribution in [3.63, 3.8) is 0 Å². The second-order valence-electron chi connectivity index (χ2n) is 4.13. The first kappa shape index (κ1) is 11.8. The van der Waals surface area contributed by atoms with Gasteiger partial charge >= 0.3 is 6.09 Å². The molecule has 92 valence electrons. The molecule has 0 unspecified atom stereocenters. The van der Waals surface area contributed by atoms with Crippen LogP contribution in [0.25, 0.3) is 0 Å². The zero-order chi connectivity index (χ0) is 12.1. The van der Waals surface area contributed by atoms with Gasteiger partial charge in [-0.15, -0.1) is 0 Å². The molecular formula is C13H17NO3. The Morgan fingerprint density at radius 3 is 3.00 bits per heavy atom. The minimum atomic E-state index is -0.398. The Balaban J connectivity index is 1.83. The molecule has 1 aliphatic rings. The summed E-state index contributed by atoms with van der Waals surface area (Å²) < 4.78 is 10.4. The van der Waals surface area contributed by atoms with Crippen LogP contribution in [0.5, 0.6) is 5.75 Å². The normalized spacial score (nSPS) is 14.2. The summed E-state index contributed by atoms with van der Waals surface area (Å²) in [6, 6.07) is 7.27. The van der Waals surface area contributed by atoms with Crippen LogP contribution in [0.4, 0.5) is 10.5 Å². The molecule has 0 saturated heterocycles. The van der Waals surface area contributed by atoms with E-state index in [1.165, 1.54) is 12.8 Å². The van der Waals surface area contributed by atoms with Crippen LogP contribution in [0.2, 0.25) is 0 Å². The molecule has 1 aliphatic carbocycles. The van der Waals surface area contributed by atoms with Gasteiger partial charge in [0.15, 0.2) is 0 Å². The van der Waals surface area contributed by atoms with Crippen molar-refractivity contribution < 1.29 is 14.3 Å². The van der Waals surface area contributed by atoms with Crippen molar-refractivity contribution in [1.29, 1.82) is 0 Å². The largest absolute Gasteiger partial charge is 0.494 e. The highest BCUT2D eigenvalue weighted by Gasteiger charge is 2.22. The van der Waals surface area contributed by atoms with Crippen molar-refractivity contribution in [2.75, 3.05) is 18.5 Å². The molecule has 0 aliphatic heterocycles. The molecule has 0 heterocycles. The van der Waals surface area contributed by atoms with Crippen molar-refractivity contribution in [2.24, 2.45) is 5.92 Å². The van der Waals surface area contributed by atoms with Crippen molar-refractivity contribution in [3.8, 4) is 5.75 Å². The Kier molecular flexibility index (Phi) is 3.85. The van der Waals surface area contributed by atoms with Crippen molar-refractivity contribution >= 4 is 11.8 Å². The predicted molar refractivity (Wildman–Crippen MR) is 65.3 cm³/mol. The van der Waals surface area contributed by atoms with E-state index in [0.29, 0.717) is 24.8 Å². The number of benzene rings is 1. The molecule has 0 aromatic heterocycles. The van der Waals surface area contributed by atoms with E-state index in [4.69, 9.17) is 9.47 Å². The number of hydrogen-bond donors (Lipinski definition) is 1. The third kappa shape index (κ3) is 3.98. The lowest BCUT2D eigenvalue weighted by atomic mass is 10.3. The topological polar surface area (TPSA) is 47.6 Å². The number of ether oxygens (including phenoxy) is 2. The quantitative estimate of drug-likeness (QED) is 0.853. The molecule has 1 N–H and O–H groups in total. The van der Waals surface area contributed by atoms with Gasteiger partial charge in [-0.3, -0.25) is 5.32 Å². The number of rotatable bonds is 5. The smallest absolute Gasteiger partial charge is 0.411 e. The Labute approximate surface area is 101 Å². The first-order chi connectivity index (χ1) is 8.28. The summed E-state index contributed by atoms with van der Waals surface area (Å²) in [6.45, 7) is 3.05. The average molecular weight is 235 g/mol. The van der Waals surface area contributed by atoms with Gasteiger partial charge in [0, 0.05) is 11.8 Å². The Bertz CT molecular complexity index is 388. The van der Waals surface area contributed by atoms with Crippen molar-refractivity contribution in [2.45, 2.75) is 19.8 Å². The van der Waals surface area contributed by atoms with Gasteiger partial charge in [0.25, 0.3) is 0 Å². The maximum Gasteiger partial charge on any atom is 0.411 e. The Hall–Kier alpha value is -1.71. The number of carbonyl (C=O) groups excluding carboxylic acids is 1. The van der Waals surface area contributed by atoms with Gasteiger partial charge in [-0.25, -0.2) is 4.79 Å². The van der Waals surface area contributed by atoms with Crippen LogP contribution in [0.3, 0.4) is 0 Å². The van der Waals surface area contributed by atoms with Crippen LogP contribution in [0, 0.1) is 5.92 Å². The van der Waals surface area contributed by atoms with Crippen LogP contribution in [0.1, 0.15) is 19.8 Å². The summed E-state index contributed by atoms with van der Waals surface area (Å²) in [4.78, 5) is 11.4. The molecule has 0 atom stereocenters. The second-order valence-corrected chi connectivity index (χ2v) is 4.13. The average Bonchev–Trinajstić information content (AvgIpc) is 3.11. The van der Waals surface area contributed by atoms with Crippen LogP contribution in [-0.2, 0) is 4.74 Å². The summed E-state index contributed by atoms with van der Waals surface area (Å²) in [5.41, 5.74) is 0.691.